The summed E-state index contributed by atoms with van der Waals surface area (Å²) in [5, 5.41) is 0.546. The smallest absolute Gasteiger partial charge is 0.449 e. The predicted molar refractivity (Wildman–Crippen MR) is 50.5 cm³/mol. The quantitative estimate of drug-likeness (QED) is 0.742. The van der Waals surface area contributed by atoms with Gasteiger partial charge in [-0.1, -0.05) is 29.8 Å². The molecule has 0 amide bonds. The molecule has 0 aromatic carbocycles. The van der Waals surface area contributed by atoms with Gasteiger partial charge < -0.3 is 4.42 Å². The van der Waals surface area contributed by atoms with Crippen LogP contribution in [0.2, 0.25) is 0 Å². The summed E-state index contributed by atoms with van der Waals surface area (Å²) >= 11 is 3.23. The van der Waals surface area contributed by atoms with Gasteiger partial charge in [-0.2, -0.15) is 13.2 Å². The van der Waals surface area contributed by atoms with Gasteiger partial charge >= 0.3 is 6.18 Å². The van der Waals surface area contributed by atoms with Crippen LogP contribution in [-0.2, 0) is 11.6 Å². The van der Waals surface area contributed by atoms with Crippen LogP contribution in [0.5, 0.6) is 0 Å². The second kappa shape index (κ2) is 3.61. The van der Waals surface area contributed by atoms with E-state index in [0.717, 1.165) is 6.07 Å². The maximum atomic E-state index is 12.2. The Morgan fingerprint density at radius 2 is 1.71 bits per heavy atom. The van der Waals surface area contributed by atoms with Crippen LogP contribution in [0.1, 0.15) is 25.4 Å². The van der Waals surface area contributed by atoms with E-state index in [1.165, 1.54) is 6.07 Å². The normalized spacial score (nSPS) is 13.3. The Kier molecular flexibility index (Phi) is 2.99. The molecule has 80 valence electrons. The fourth-order valence-corrected chi connectivity index (χ4v) is 1.20. The molecule has 1 nitrogen and oxygen atoms in total. The number of rotatable bonds is 2. The van der Waals surface area contributed by atoms with Crippen molar-refractivity contribution in [2.75, 3.05) is 5.33 Å². The number of halogens is 4. The molecule has 0 saturated heterocycles. The van der Waals surface area contributed by atoms with Gasteiger partial charge in [-0.3, -0.25) is 0 Å². The molecular weight excluding hydrogens is 261 g/mol. The summed E-state index contributed by atoms with van der Waals surface area (Å²) in [5.74, 6) is -0.608. The average molecular weight is 271 g/mol. The lowest BCUT2D eigenvalue weighted by atomic mass is 9.93. The van der Waals surface area contributed by atoms with Gasteiger partial charge in [0.15, 0.2) is 0 Å². The first-order valence-electron chi connectivity index (χ1n) is 4.01. The summed E-state index contributed by atoms with van der Waals surface area (Å²) in [5.41, 5.74) is -0.427. The van der Waals surface area contributed by atoms with Crippen molar-refractivity contribution in [1.82, 2.24) is 0 Å². The van der Waals surface area contributed by atoms with Crippen LogP contribution in [-0.4, -0.2) is 5.33 Å². The summed E-state index contributed by atoms with van der Waals surface area (Å²) in [6.07, 6.45) is -4.40. The van der Waals surface area contributed by atoms with Crippen molar-refractivity contribution in [3.05, 3.63) is 23.7 Å². The first-order chi connectivity index (χ1) is 6.27. The van der Waals surface area contributed by atoms with Gasteiger partial charge in [0.1, 0.15) is 5.76 Å². The minimum atomic E-state index is -4.40. The molecule has 14 heavy (non-hydrogen) atoms. The molecule has 0 N–H and O–H groups in total. The molecule has 0 aliphatic carbocycles. The van der Waals surface area contributed by atoms with Crippen LogP contribution in [0.25, 0.3) is 0 Å². The Morgan fingerprint density at radius 1 is 1.21 bits per heavy atom. The van der Waals surface area contributed by atoms with Gasteiger partial charge in [0.25, 0.3) is 0 Å². The molecule has 1 heterocycles. The van der Waals surface area contributed by atoms with Crippen LogP contribution in [0.15, 0.2) is 16.5 Å². The second-order valence-corrected chi connectivity index (χ2v) is 4.24. The number of hydrogen-bond acceptors (Lipinski definition) is 1. The topological polar surface area (TPSA) is 13.1 Å². The minimum absolute atomic E-state index is 0.335. The summed E-state index contributed by atoms with van der Waals surface area (Å²) < 4.78 is 41.3. The summed E-state index contributed by atoms with van der Waals surface area (Å²) in [4.78, 5) is 0. The Hall–Kier alpha value is -0.450. The van der Waals surface area contributed by atoms with Gasteiger partial charge in [0, 0.05) is 10.7 Å². The third kappa shape index (κ3) is 2.32. The molecular formula is C9H10BrF3O. The molecule has 0 radical (unpaired) electrons. The van der Waals surface area contributed by atoms with Crippen molar-refractivity contribution in [2.45, 2.75) is 25.4 Å². The zero-order valence-corrected chi connectivity index (χ0v) is 9.37. The van der Waals surface area contributed by atoms with Crippen LogP contribution >= 0.6 is 15.9 Å². The standard InChI is InChI=1S/C9H10BrF3O/c1-8(2,5-10)6-3-4-7(14-6)9(11,12)13/h3-4H,5H2,1-2H3. The monoisotopic (exact) mass is 270 g/mol. The first kappa shape index (κ1) is 11.6. The molecule has 0 saturated carbocycles. The van der Waals surface area contributed by atoms with E-state index in [-0.39, 0.29) is 0 Å². The summed E-state index contributed by atoms with van der Waals surface area (Å²) in [6, 6.07) is 2.32. The summed E-state index contributed by atoms with van der Waals surface area (Å²) in [6.45, 7) is 3.61. The first-order valence-corrected chi connectivity index (χ1v) is 5.13. The fourth-order valence-electron chi connectivity index (χ4n) is 0.920. The minimum Gasteiger partial charge on any atom is -0.456 e. The zero-order chi connectivity index (χ0) is 11.0. The van der Waals surface area contributed by atoms with Crippen molar-refractivity contribution in [2.24, 2.45) is 0 Å². The molecule has 0 atom stereocenters. The predicted octanol–water partition coefficient (Wildman–Crippen LogP) is 3.97. The third-order valence-electron chi connectivity index (χ3n) is 1.89. The van der Waals surface area contributed by atoms with Crippen LogP contribution in [0.4, 0.5) is 13.2 Å². The van der Waals surface area contributed by atoms with Crippen LogP contribution in [0.3, 0.4) is 0 Å². The van der Waals surface area contributed by atoms with E-state index in [1.54, 1.807) is 13.8 Å². The van der Waals surface area contributed by atoms with Crippen molar-refractivity contribution in [3.8, 4) is 0 Å². The highest BCUT2D eigenvalue weighted by Crippen LogP contribution is 2.34. The van der Waals surface area contributed by atoms with E-state index in [1.807, 2.05) is 0 Å². The fraction of sp³-hybridized carbons (Fsp3) is 0.556. The lowest BCUT2D eigenvalue weighted by molar-refractivity contribution is -0.153. The highest BCUT2D eigenvalue weighted by molar-refractivity contribution is 9.09. The van der Waals surface area contributed by atoms with Crippen molar-refractivity contribution >= 4 is 15.9 Å². The van der Waals surface area contributed by atoms with E-state index in [9.17, 15) is 13.2 Å². The van der Waals surface area contributed by atoms with Crippen LogP contribution < -0.4 is 0 Å². The second-order valence-electron chi connectivity index (χ2n) is 3.68. The zero-order valence-electron chi connectivity index (χ0n) is 7.78. The lowest BCUT2D eigenvalue weighted by Gasteiger charge is -2.18. The molecule has 0 bridgehead atoms. The Labute approximate surface area is 88.4 Å². The Morgan fingerprint density at radius 3 is 2.07 bits per heavy atom. The molecule has 1 aromatic rings. The van der Waals surface area contributed by atoms with E-state index in [0.29, 0.717) is 11.1 Å². The van der Waals surface area contributed by atoms with Crippen LogP contribution in [0, 0.1) is 0 Å². The molecule has 1 rings (SSSR count). The summed E-state index contributed by atoms with van der Waals surface area (Å²) in [7, 11) is 0. The molecule has 0 spiro atoms. The SMILES string of the molecule is CC(C)(CBr)c1ccc(C(F)(F)F)o1. The average Bonchev–Trinajstić information content (AvgIpc) is 2.51. The highest BCUT2D eigenvalue weighted by atomic mass is 79.9. The molecule has 0 unspecified atom stereocenters. The molecule has 0 fully saturated rings. The van der Waals surface area contributed by atoms with E-state index >= 15 is 0 Å². The van der Waals surface area contributed by atoms with Gasteiger partial charge in [-0.05, 0) is 12.1 Å². The number of furan rings is 1. The molecule has 5 heteroatoms. The maximum Gasteiger partial charge on any atom is 0.449 e. The molecule has 1 aromatic heterocycles. The number of alkyl halides is 4. The maximum absolute atomic E-state index is 12.2. The van der Waals surface area contributed by atoms with Crippen molar-refractivity contribution in [3.63, 3.8) is 0 Å². The Bertz CT molecular complexity index is 314. The van der Waals surface area contributed by atoms with Gasteiger partial charge in [0.05, 0.1) is 0 Å². The highest BCUT2D eigenvalue weighted by Gasteiger charge is 2.36. The number of hydrogen-bond donors (Lipinski definition) is 0. The molecule has 0 aliphatic rings. The Balaban J connectivity index is 3.00. The van der Waals surface area contributed by atoms with Gasteiger partial charge in [-0.15, -0.1) is 0 Å². The van der Waals surface area contributed by atoms with Crippen molar-refractivity contribution < 1.29 is 17.6 Å². The lowest BCUT2D eigenvalue weighted by Crippen LogP contribution is -2.17. The van der Waals surface area contributed by atoms with Crippen molar-refractivity contribution in [1.29, 1.82) is 0 Å². The van der Waals surface area contributed by atoms with Gasteiger partial charge in [-0.25, -0.2) is 0 Å². The third-order valence-corrected chi connectivity index (χ3v) is 3.29. The van der Waals surface area contributed by atoms with E-state index < -0.39 is 17.4 Å². The molecule has 0 aliphatic heterocycles. The van der Waals surface area contributed by atoms with E-state index in [2.05, 4.69) is 15.9 Å². The largest absolute Gasteiger partial charge is 0.456 e. The van der Waals surface area contributed by atoms with Gasteiger partial charge in [0.2, 0.25) is 5.76 Å². The van der Waals surface area contributed by atoms with E-state index in [4.69, 9.17) is 4.42 Å².